The maximum Gasteiger partial charge on any atom is 0.306 e. The van der Waals surface area contributed by atoms with Gasteiger partial charge in [0.15, 0.2) is 5.65 Å². The van der Waals surface area contributed by atoms with Crippen molar-refractivity contribution >= 4 is 34.4 Å². The molecule has 0 amide bonds. The first-order chi connectivity index (χ1) is 16.8. The van der Waals surface area contributed by atoms with Gasteiger partial charge in [0, 0.05) is 30.8 Å². The minimum atomic E-state index is -0.735. The van der Waals surface area contributed by atoms with Crippen LogP contribution in [0, 0.1) is 18.8 Å². The maximum atomic E-state index is 11.4. The Bertz CT molecular complexity index is 1170. The molecule has 0 radical (unpaired) electrons. The number of carboxylic acid groups (broad SMARTS) is 2. The lowest BCUT2D eigenvalue weighted by molar-refractivity contribution is -0.145. The molecule has 3 aliphatic rings. The largest absolute Gasteiger partial charge is 0.481 e. The zero-order valence-electron chi connectivity index (χ0n) is 20.3. The molecule has 2 aromatic rings. The monoisotopic (exact) mass is 483 g/mol. The number of hydrogen-bond acceptors (Lipinski definition) is 7. The number of aryl methyl sites for hydroxylation is 2. The van der Waals surface area contributed by atoms with E-state index in [-0.39, 0.29) is 17.9 Å². The Hall–Kier alpha value is -3.17. The lowest BCUT2D eigenvalue weighted by Gasteiger charge is -2.33. The van der Waals surface area contributed by atoms with Gasteiger partial charge in [-0.3, -0.25) is 9.59 Å². The van der Waals surface area contributed by atoms with Gasteiger partial charge in [-0.2, -0.15) is 5.10 Å². The van der Waals surface area contributed by atoms with Gasteiger partial charge >= 0.3 is 11.9 Å². The molecule has 10 heteroatoms. The number of aromatic nitrogens is 3. The molecular formula is C25H33N5O5. The van der Waals surface area contributed by atoms with Crippen molar-refractivity contribution in [3.63, 3.8) is 0 Å². The van der Waals surface area contributed by atoms with Gasteiger partial charge < -0.3 is 20.4 Å². The summed E-state index contributed by atoms with van der Waals surface area (Å²) >= 11 is 0. The number of carboxylic acids is 2. The van der Waals surface area contributed by atoms with Gasteiger partial charge in [-0.1, -0.05) is 5.16 Å². The van der Waals surface area contributed by atoms with Crippen LogP contribution in [0.4, 0.5) is 5.69 Å². The topological polar surface area (TPSA) is 139 Å². The van der Waals surface area contributed by atoms with Crippen molar-refractivity contribution in [3.05, 3.63) is 17.5 Å². The standard InChI is InChI=1S/C25H33N5O5/c1-3-30-22-20(14(2)28-30)21(27-17-6-4-15(5-7-17)23(31)32)18(13-26-22)19-12-25(35-29-19)10-8-16(9-11-25)24(33)34/h13,15-17H,3-12H2,1-2H3,(H,26,27)(H,31,32)(H,33,34). The summed E-state index contributed by atoms with van der Waals surface area (Å²) in [6, 6.07) is 0.155. The number of fused-ring (bicyclic) bond motifs is 1. The minimum Gasteiger partial charge on any atom is -0.481 e. The minimum absolute atomic E-state index is 0.155. The van der Waals surface area contributed by atoms with Gasteiger partial charge in [-0.05, 0) is 65.2 Å². The Kier molecular flexibility index (Phi) is 6.14. The molecular weight excluding hydrogens is 450 g/mol. The number of aliphatic carboxylic acids is 2. The van der Waals surface area contributed by atoms with Crippen LogP contribution < -0.4 is 5.32 Å². The van der Waals surface area contributed by atoms with Gasteiger partial charge in [0.2, 0.25) is 0 Å². The Morgan fingerprint density at radius 1 is 1.11 bits per heavy atom. The second-order valence-corrected chi connectivity index (χ2v) is 10.3. The van der Waals surface area contributed by atoms with Crippen LogP contribution in [0.25, 0.3) is 11.0 Å². The van der Waals surface area contributed by atoms with Gasteiger partial charge in [0.05, 0.1) is 34.3 Å². The third-order valence-electron chi connectivity index (χ3n) is 8.06. The third-order valence-corrected chi connectivity index (χ3v) is 8.06. The first-order valence-electron chi connectivity index (χ1n) is 12.6. The Morgan fingerprint density at radius 3 is 2.40 bits per heavy atom. The molecule has 3 N–H and O–H groups in total. The fourth-order valence-corrected chi connectivity index (χ4v) is 5.92. The summed E-state index contributed by atoms with van der Waals surface area (Å²) in [5.41, 5.74) is 3.88. The molecule has 1 spiro atoms. The SMILES string of the molecule is CCn1nc(C)c2c(NC3CCC(C(=O)O)CC3)c(C3=NOC4(CCC(C(=O)O)CC4)C3)cnc21. The molecule has 2 saturated carbocycles. The lowest BCUT2D eigenvalue weighted by Crippen LogP contribution is -2.36. The van der Waals surface area contributed by atoms with E-state index in [0.717, 1.165) is 46.5 Å². The lowest BCUT2D eigenvalue weighted by atomic mass is 9.76. The average molecular weight is 484 g/mol. The van der Waals surface area contributed by atoms with Crippen LogP contribution in [0.15, 0.2) is 11.4 Å². The molecule has 0 atom stereocenters. The molecule has 3 heterocycles. The molecule has 2 fully saturated rings. The maximum absolute atomic E-state index is 11.4. The summed E-state index contributed by atoms with van der Waals surface area (Å²) in [6.45, 7) is 4.72. The number of carbonyl (C=O) groups is 2. The molecule has 5 rings (SSSR count). The quantitative estimate of drug-likeness (QED) is 0.561. The number of oxime groups is 1. The highest BCUT2D eigenvalue weighted by molar-refractivity contribution is 6.11. The molecule has 2 aromatic heterocycles. The van der Waals surface area contributed by atoms with Crippen molar-refractivity contribution in [2.24, 2.45) is 17.0 Å². The molecule has 0 saturated heterocycles. The number of rotatable bonds is 6. The predicted molar refractivity (Wildman–Crippen MR) is 130 cm³/mol. The Morgan fingerprint density at radius 2 is 1.77 bits per heavy atom. The number of anilines is 1. The Labute approximate surface area is 203 Å². The number of nitrogens with one attached hydrogen (secondary N) is 1. The number of hydrogen-bond donors (Lipinski definition) is 3. The van der Waals surface area contributed by atoms with Crippen molar-refractivity contribution in [2.75, 3.05) is 5.32 Å². The summed E-state index contributed by atoms with van der Waals surface area (Å²) in [5, 5.41) is 32.6. The first kappa shape index (κ1) is 23.6. The molecule has 188 valence electrons. The zero-order chi connectivity index (χ0) is 24.7. The van der Waals surface area contributed by atoms with Crippen LogP contribution in [0.1, 0.15) is 76.0 Å². The van der Waals surface area contributed by atoms with E-state index < -0.39 is 17.5 Å². The van der Waals surface area contributed by atoms with Gasteiger partial charge in [0.1, 0.15) is 5.60 Å². The second-order valence-electron chi connectivity index (χ2n) is 10.3. The second kappa shape index (κ2) is 9.13. The average Bonchev–Trinajstić information content (AvgIpc) is 3.40. The molecule has 35 heavy (non-hydrogen) atoms. The molecule has 0 aromatic carbocycles. The summed E-state index contributed by atoms with van der Waals surface area (Å²) in [5.74, 6) is -2.04. The number of nitrogens with zero attached hydrogens (tertiary/aromatic N) is 4. The van der Waals surface area contributed by atoms with E-state index in [1.807, 2.05) is 24.7 Å². The number of pyridine rings is 1. The third kappa shape index (κ3) is 4.34. The summed E-state index contributed by atoms with van der Waals surface area (Å²) < 4.78 is 1.89. The van der Waals surface area contributed by atoms with Crippen LogP contribution in [0.2, 0.25) is 0 Å². The van der Waals surface area contributed by atoms with Crippen LogP contribution in [0.5, 0.6) is 0 Å². The first-order valence-corrected chi connectivity index (χ1v) is 12.6. The fraction of sp³-hybridized carbons (Fsp3) is 0.640. The molecule has 0 bridgehead atoms. The van der Waals surface area contributed by atoms with E-state index in [4.69, 9.17) is 9.82 Å². The predicted octanol–water partition coefficient (Wildman–Crippen LogP) is 3.95. The van der Waals surface area contributed by atoms with Crippen LogP contribution in [-0.2, 0) is 21.0 Å². The van der Waals surface area contributed by atoms with E-state index in [2.05, 4.69) is 15.6 Å². The highest BCUT2D eigenvalue weighted by Crippen LogP contribution is 2.43. The summed E-state index contributed by atoms with van der Waals surface area (Å²) in [6.07, 6.45) is 7.85. The smallest absolute Gasteiger partial charge is 0.306 e. The van der Waals surface area contributed by atoms with E-state index in [1.165, 1.54) is 0 Å². The van der Waals surface area contributed by atoms with Crippen molar-refractivity contribution in [3.8, 4) is 0 Å². The molecule has 10 nitrogen and oxygen atoms in total. The van der Waals surface area contributed by atoms with Crippen LogP contribution in [0.3, 0.4) is 0 Å². The normalized spacial score (nSPS) is 28.6. The van der Waals surface area contributed by atoms with Gasteiger partial charge in [0.25, 0.3) is 0 Å². The van der Waals surface area contributed by atoms with Crippen molar-refractivity contribution in [1.82, 2.24) is 14.8 Å². The molecule has 0 unspecified atom stereocenters. The molecule has 1 aliphatic heterocycles. The van der Waals surface area contributed by atoms with E-state index >= 15 is 0 Å². The van der Waals surface area contributed by atoms with Gasteiger partial charge in [-0.25, -0.2) is 9.67 Å². The van der Waals surface area contributed by atoms with Crippen molar-refractivity contribution < 1.29 is 24.6 Å². The van der Waals surface area contributed by atoms with Gasteiger partial charge in [-0.15, -0.1) is 0 Å². The zero-order valence-corrected chi connectivity index (χ0v) is 20.3. The molecule has 2 aliphatic carbocycles. The summed E-state index contributed by atoms with van der Waals surface area (Å²) in [7, 11) is 0. The fourth-order valence-electron chi connectivity index (χ4n) is 5.92. The van der Waals surface area contributed by atoms with E-state index in [9.17, 15) is 19.8 Å². The van der Waals surface area contributed by atoms with Crippen LogP contribution >= 0.6 is 0 Å². The van der Waals surface area contributed by atoms with Crippen LogP contribution in [-0.4, -0.2) is 54.3 Å². The summed E-state index contributed by atoms with van der Waals surface area (Å²) in [4.78, 5) is 33.5. The highest BCUT2D eigenvalue weighted by Gasteiger charge is 2.44. The highest BCUT2D eigenvalue weighted by atomic mass is 16.7. The van der Waals surface area contributed by atoms with Crippen molar-refractivity contribution in [1.29, 1.82) is 0 Å². The van der Waals surface area contributed by atoms with E-state index in [1.54, 1.807) is 0 Å². The van der Waals surface area contributed by atoms with E-state index in [0.29, 0.717) is 51.5 Å². The Balaban J connectivity index is 1.44. The van der Waals surface area contributed by atoms with Crippen molar-refractivity contribution in [2.45, 2.75) is 89.8 Å².